The zero-order chi connectivity index (χ0) is 12.4. The molecule has 2 rings (SSSR count). The number of benzene rings is 1. The number of rotatable bonds is 3. The molecule has 1 heterocycles. The molecule has 0 saturated heterocycles. The van der Waals surface area contributed by atoms with Crippen LogP contribution in [0.25, 0.3) is 0 Å². The monoisotopic (exact) mass is 249 g/mol. The molecule has 0 aliphatic rings. The molecule has 0 amide bonds. The van der Waals surface area contributed by atoms with Crippen molar-refractivity contribution in [2.45, 2.75) is 19.9 Å². The van der Waals surface area contributed by atoms with Gasteiger partial charge in [0.2, 0.25) is 0 Å². The van der Waals surface area contributed by atoms with Crippen molar-refractivity contribution in [2.75, 3.05) is 7.05 Å². The first-order valence-electron chi connectivity index (χ1n) is 5.61. The van der Waals surface area contributed by atoms with Crippen molar-refractivity contribution in [3.63, 3.8) is 0 Å². The molecule has 0 aliphatic heterocycles. The van der Waals surface area contributed by atoms with Crippen molar-refractivity contribution in [1.29, 1.82) is 0 Å². The van der Waals surface area contributed by atoms with Crippen LogP contribution >= 0.6 is 11.6 Å². The number of aryl methyl sites for hydroxylation is 2. The van der Waals surface area contributed by atoms with Gasteiger partial charge >= 0.3 is 0 Å². The van der Waals surface area contributed by atoms with Crippen LogP contribution in [-0.4, -0.2) is 7.05 Å². The van der Waals surface area contributed by atoms with E-state index < -0.39 is 0 Å². The van der Waals surface area contributed by atoms with Crippen LogP contribution in [0.5, 0.6) is 0 Å². The Kier molecular flexibility index (Phi) is 3.55. The summed E-state index contributed by atoms with van der Waals surface area (Å²) in [5.74, 6) is 0.836. The summed E-state index contributed by atoms with van der Waals surface area (Å²) in [5.41, 5.74) is 3.69. The molecular weight excluding hydrogens is 234 g/mol. The van der Waals surface area contributed by atoms with Gasteiger partial charge in [-0.2, -0.15) is 0 Å². The predicted molar refractivity (Wildman–Crippen MR) is 70.5 cm³/mol. The lowest BCUT2D eigenvalue weighted by Gasteiger charge is -2.15. The zero-order valence-corrected chi connectivity index (χ0v) is 11.0. The molecule has 0 radical (unpaired) electrons. The lowest BCUT2D eigenvalue weighted by Crippen LogP contribution is -2.17. The summed E-state index contributed by atoms with van der Waals surface area (Å²) in [6.07, 6.45) is 0. The van der Waals surface area contributed by atoms with Crippen LogP contribution in [-0.2, 0) is 0 Å². The molecule has 0 fully saturated rings. The van der Waals surface area contributed by atoms with Gasteiger partial charge in [0.05, 0.1) is 6.04 Å². The molecule has 2 aromatic rings. The van der Waals surface area contributed by atoms with Gasteiger partial charge in [-0.1, -0.05) is 29.3 Å². The molecule has 0 spiro atoms. The van der Waals surface area contributed by atoms with E-state index in [2.05, 4.69) is 37.4 Å². The summed E-state index contributed by atoms with van der Waals surface area (Å²) in [5, 5.41) is 3.67. The summed E-state index contributed by atoms with van der Waals surface area (Å²) in [7, 11) is 1.92. The average molecular weight is 250 g/mol. The van der Waals surface area contributed by atoms with Gasteiger partial charge in [-0.25, -0.2) is 0 Å². The highest BCUT2D eigenvalue weighted by Gasteiger charge is 2.16. The molecule has 1 atom stereocenters. The molecule has 2 nitrogen and oxygen atoms in total. The molecule has 0 aliphatic carbocycles. The normalized spacial score (nSPS) is 12.7. The molecule has 0 bridgehead atoms. The number of furan rings is 1. The summed E-state index contributed by atoms with van der Waals surface area (Å²) >= 11 is 5.82. The lowest BCUT2D eigenvalue weighted by atomic mass is 10.00. The molecule has 1 aromatic carbocycles. The fraction of sp³-hybridized carbons (Fsp3) is 0.286. The van der Waals surface area contributed by atoms with E-state index in [0.29, 0.717) is 5.22 Å². The summed E-state index contributed by atoms with van der Waals surface area (Å²) in [4.78, 5) is 0. The van der Waals surface area contributed by atoms with E-state index in [1.807, 2.05) is 13.1 Å². The molecular formula is C14H16ClNO. The highest BCUT2D eigenvalue weighted by atomic mass is 35.5. The maximum absolute atomic E-state index is 5.82. The third kappa shape index (κ3) is 2.71. The van der Waals surface area contributed by atoms with E-state index in [4.69, 9.17) is 16.0 Å². The number of nitrogens with one attached hydrogen (secondary N) is 1. The van der Waals surface area contributed by atoms with Crippen LogP contribution in [0.4, 0.5) is 0 Å². The summed E-state index contributed by atoms with van der Waals surface area (Å²) < 4.78 is 5.47. The van der Waals surface area contributed by atoms with E-state index in [9.17, 15) is 0 Å². The topological polar surface area (TPSA) is 25.2 Å². The Morgan fingerprint density at radius 2 is 1.76 bits per heavy atom. The largest absolute Gasteiger partial charge is 0.448 e. The van der Waals surface area contributed by atoms with Crippen molar-refractivity contribution in [2.24, 2.45) is 0 Å². The van der Waals surface area contributed by atoms with Gasteiger partial charge < -0.3 is 9.73 Å². The van der Waals surface area contributed by atoms with Crippen LogP contribution in [0, 0.1) is 13.8 Å². The molecule has 1 aromatic heterocycles. The van der Waals surface area contributed by atoms with E-state index >= 15 is 0 Å². The van der Waals surface area contributed by atoms with Crippen LogP contribution < -0.4 is 5.32 Å². The minimum absolute atomic E-state index is 0.0427. The van der Waals surface area contributed by atoms with Crippen LogP contribution in [0.15, 0.2) is 34.7 Å². The quantitative estimate of drug-likeness (QED) is 0.894. The summed E-state index contributed by atoms with van der Waals surface area (Å²) in [6, 6.07) is 10.2. The van der Waals surface area contributed by atoms with Gasteiger partial charge in [0.25, 0.3) is 0 Å². The highest BCUT2D eigenvalue weighted by molar-refractivity contribution is 6.28. The van der Waals surface area contributed by atoms with Crippen molar-refractivity contribution in [3.05, 3.63) is 58.0 Å². The smallest absolute Gasteiger partial charge is 0.193 e. The average Bonchev–Trinajstić information content (AvgIpc) is 2.64. The van der Waals surface area contributed by atoms with Crippen LogP contribution in [0.3, 0.4) is 0 Å². The van der Waals surface area contributed by atoms with Crippen LogP contribution in [0.2, 0.25) is 5.22 Å². The summed E-state index contributed by atoms with van der Waals surface area (Å²) in [6.45, 7) is 4.19. The molecule has 17 heavy (non-hydrogen) atoms. The molecule has 3 heteroatoms. The minimum Gasteiger partial charge on any atom is -0.448 e. The first kappa shape index (κ1) is 12.2. The van der Waals surface area contributed by atoms with Gasteiger partial charge in [-0.3, -0.25) is 0 Å². The third-order valence-corrected chi connectivity index (χ3v) is 2.95. The molecule has 0 saturated carbocycles. The fourth-order valence-corrected chi connectivity index (χ4v) is 2.29. The van der Waals surface area contributed by atoms with E-state index in [1.54, 1.807) is 6.07 Å². The zero-order valence-electron chi connectivity index (χ0n) is 10.3. The Morgan fingerprint density at radius 1 is 1.12 bits per heavy atom. The first-order valence-corrected chi connectivity index (χ1v) is 5.98. The second-order valence-corrected chi connectivity index (χ2v) is 4.66. The molecule has 90 valence electrons. The van der Waals surface area contributed by atoms with Crippen LogP contribution in [0.1, 0.15) is 28.5 Å². The Labute approximate surface area is 107 Å². The second-order valence-electron chi connectivity index (χ2n) is 4.28. The van der Waals surface area contributed by atoms with E-state index in [0.717, 1.165) is 5.76 Å². The Balaban J connectivity index is 2.41. The van der Waals surface area contributed by atoms with Gasteiger partial charge in [0.15, 0.2) is 5.22 Å². The molecule has 1 unspecified atom stereocenters. The van der Waals surface area contributed by atoms with Crippen molar-refractivity contribution in [1.82, 2.24) is 5.32 Å². The Hall–Kier alpha value is -1.25. The third-order valence-electron chi connectivity index (χ3n) is 2.74. The molecule has 1 N–H and O–H groups in total. The lowest BCUT2D eigenvalue weighted by molar-refractivity contribution is 0.464. The predicted octanol–water partition coefficient (Wildman–Crippen LogP) is 3.86. The van der Waals surface area contributed by atoms with Gasteiger partial charge in [0, 0.05) is 0 Å². The van der Waals surface area contributed by atoms with Gasteiger partial charge in [0.1, 0.15) is 5.76 Å². The standard InChI is InChI=1S/C14H16ClNO/c1-9-6-10(2)8-11(7-9)14(16-3)12-4-5-13(15)17-12/h4-8,14,16H,1-3H3. The fourth-order valence-electron chi connectivity index (χ4n) is 2.13. The Morgan fingerprint density at radius 3 is 2.24 bits per heavy atom. The van der Waals surface area contributed by atoms with Crippen molar-refractivity contribution in [3.8, 4) is 0 Å². The first-order chi connectivity index (χ1) is 8.10. The maximum Gasteiger partial charge on any atom is 0.193 e. The van der Waals surface area contributed by atoms with Gasteiger partial charge in [-0.15, -0.1) is 0 Å². The van der Waals surface area contributed by atoms with Gasteiger partial charge in [-0.05, 0) is 50.2 Å². The Bertz CT molecular complexity index is 498. The van der Waals surface area contributed by atoms with E-state index in [-0.39, 0.29) is 6.04 Å². The van der Waals surface area contributed by atoms with Crippen molar-refractivity contribution < 1.29 is 4.42 Å². The minimum atomic E-state index is 0.0427. The SMILES string of the molecule is CNC(c1cc(C)cc(C)c1)c1ccc(Cl)o1. The number of hydrogen-bond acceptors (Lipinski definition) is 2. The number of hydrogen-bond donors (Lipinski definition) is 1. The maximum atomic E-state index is 5.82. The highest BCUT2D eigenvalue weighted by Crippen LogP contribution is 2.26. The number of halogens is 1. The second kappa shape index (κ2) is 4.94. The van der Waals surface area contributed by atoms with E-state index in [1.165, 1.54) is 16.7 Å². The van der Waals surface area contributed by atoms with Crippen molar-refractivity contribution >= 4 is 11.6 Å².